The maximum Gasteiger partial charge on any atom is 0.272 e. The first-order chi connectivity index (χ1) is 10.2. The highest BCUT2D eigenvalue weighted by Gasteiger charge is 2.43. The number of rotatable bonds is 1. The van der Waals surface area contributed by atoms with Crippen molar-refractivity contribution in [3.63, 3.8) is 0 Å². The molecule has 2 fully saturated rings. The summed E-state index contributed by atoms with van der Waals surface area (Å²) in [5.41, 5.74) is 1.37. The van der Waals surface area contributed by atoms with Gasteiger partial charge in [-0.3, -0.25) is 4.79 Å². The summed E-state index contributed by atoms with van der Waals surface area (Å²) in [6, 6.07) is 12.0. The lowest BCUT2D eigenvalue weighted by molar-refractivity contribution is 0.0283. The molecule has 2 aliphatic rings. The van der Waals surface area contributed by atoms with Gasteiger partial charge in [0, 0.05) is 17.5 Å². The van der Waals surface area contributed by atoms with E-state index in [0.29, 0.717) is 18.5 Å². The second-order valence-electron chi connectivity index (χ2n) is 6.11. The average molecular weight is 282 g/mol. The second kappa shape index (κ2) is 4.81. The van der Waals surface area contributed by atoms with E-state index >= 15 is 0 Å². The van der Waals surface area contributed by atoms with Crippen LogP contribution in [0.15, 0.2) is 36.4 Å². The zero-order valence-electron chi connectivity index (χ0n) is 11.8. The van der Waals surface area contributed by atoms with Gasteiger partial charge in [0.05, 0.1) is 11.6 Å². The van der Waals surface area contributed by atoms with Crippen LogP contribution in [-0.2, 0) is 0 Å². The van der Waals surface area contributed by atoms with Gasteiger partial charge in [0.15, 0.2) is 0 Å². The minimum absolute atomic E-state index is 0.0140. The van der Waals surface area contributed by atoms with Crippen LogP contribution < -0.4 is 0 Å². The summed E-state index contributed by atoms with van der Waals surface area (Å²) in [4.78, 5) is 19.3. The van der Waals surface area contributed by atoms with Crippen molar-refractivity contribution in [1.29, 1.82) is 0 Å². The molecule has 0 radical (unpaired) electrons. The SMILES string of the molecule is O=C(c1ccc2ccccc2n1)N1C2CCC1CC(O)C2. The first kappa shape index (κ1) is 12.8. The van der Waals surface area contributed by atoms with E-state index in [9.17, 15) is 9.90 Å². The Morgan fingerprint density at radius 3 is 2.57 bits per heavy atom. The fourth-order valence-corrected chi connectivity index (χ4v) is 3.80. The van der Waals surface area contributed by atoms with Crippen molar-refractivity contribution >= 4 is 16.8 Å². The van der Waals surface area contributed by atoms with Crippen molar-refractivity contribution in [2.24, 2.45) is 0 Å². The number of aliphatic hydroxyl groups is 1. The number of hydrogen-bond donors (Lipinski definition) is 1. The number of nitrogens with zero attached hydrogens (tertiary/aromatic N) is 2. The molecule has 4 rings (SSSR count). The smallest absolute Gasteiger partial charge is 0.272 e. The average Bonchev–Trinajstić information content (AvgIpc) is 2.78. The van der Waals surface area contributed by atoms with Crippen LogP contribution in [0.3, 0.4) is 0 Å². The number of para-hydroxylation sites is 1. The Labute approximate surface area is 123 Å². The van der Waals surface area contributed by atoms with Gasteiger partial charge in [0.1, 0.15) is 5.69 Å². The highest BCUT2D eigenvalue weighted by molar-refractivity contribution is 5.95. The largest absolute Gasteiger partial charge is 0.393 e. The number of piperidine rings is 1. The summed E-state index contributed by atoms with van der Waals surface area (Å²) in [6.07, 6.45) is 3.16. The van der Waals surface area contributed by atoms with Gasteiger partial charge < -0.3 is 10.0 Å². The second-order valence-corrected chi connectivity index (χ2v) is 6.11. The van der Waals surface area contributed by atoms with E-state index in [1.165, 1.54) is 0 Å². The third kappa shape index (κ3) is 2.10. The lowest BCUT2D eigenvalue weighted by atomic mass is 9.99. The Morgan fingerprint density at radius 2 is 1.81 bits per heavy atom. The van der Waals surface area contributed by atoms with Gasteiger partial charge in [-0.25, -0.2) is 4.98 Å². The van der Waals surface area contributed by atoms with Crippen molar-refractivity contribution in [3.05, 3.63) is 42.1 Å². The van der Waals surface area contributed by atoms with E-state index < -0.39 is 0 Å². The van der Waals surface area contributed by atoms with Gasteiger partial charge >= 0.3 is 0 Å². The molecule has 3 heterocycles. The zero-order chi connectivity index (χ0) is 14.4. The molecule has 1 amide bonds. The topological polar surface area (TPSA) is 53.4 Å². The first-order valence-electron chi connectivity index (χ1n) is 7.59. The fraction of sp³-hybridized carbons (Fsp3) is 0.412. The Kier molecular flexibility index (Phi) is 2.93. The summed E-state index contributed by atoms with van der Waals surface area (Å²) >= 11 is 0. The molecule has 0 spiro atoms. The highest BCUT2D eigenvalue weighted by atomic mass is 16.3. The lowest BCUT2D eigenvalue weighted by Gasteiger charge is -2.37. The summed E-state index contributed by atoms with van der Waals surface area (Å²) < 4.78 is 0. The highest BCUT2D eigenvalue weighted by Crippen LogP contribution is 2.36. The number of aromatic nitrogens is 1. The molecule has 0 aliphatic carbocycles. The van der Waals surface area contributed by atoms with Gasteiger partial charge in [-0.05, 0) is 37.8 Å². The molecule has 2 atom stereocenters. The summed E-state index contributed by atoms with van der Waals surface area (Å²) in [7, 11) is 0. The molecule has 4 heteroatoms. The molecular formula is C17H18N2O2. The number of carbonyl (C=O) groups is 1. The minimum atomic E-state index is -0.254. The standard InChI is InChI=1S/C17H18N2O2/c20-14-9-12-6-7-13(10-14)19(12)17(21)16-8-5-11-3-1-2-4-15(11)18-16/h1-5,8,12-14,20H,6-7,9-10H2. The van der Waals surface area contributed by atoms with Gasteiger partial charge in [0.2, 0.25) is 0 Å². The van der Waals surface area contributed by atoms with Crippen LogP contribution in [0.2, 0.25) is 0 Å². The van der Waals surface area contributed by atoms with Crippen molar-refractivity contribution in [2.75, 3.05) is 0 Å². The number of aliphatic hydroxyl groups excluding tert-OH is 1. The normalized spacial score (nSPS) is 28.0. The Hall–Kier alpha value is -1.94. The van der Waals surface area contributed by atoms with E-state index in [1.807, 2.05) is 41.3 Å². The molecular weight excluding hydrogens is 264 g/mol. The molecule has 2 aromatic rings. The molecule has 2 bridgehead atoms. The van der Waals surface area contributed by atoms with Crippen molar-refractivity contribution in [2.45, 2.75) is 43.9 Å². The number of benzene rings is 1. The number of carbonyl (C=O) groups excluding carboxylic acids is 1. The minimum Gasteiger partial charge on any atom is -0.393 e. The number of fused-ring (bicyclic) bond motifs is 3. The van der Waals surface area contributed by atoms with Crippen LogP contribution in [0.5, 0.6) is 0 Å². The van der Waals surface area contributed by atoms with Crippen LogP contribution in [0.4, 0.5) is 0 Å². The lowest BCUT2D eigenvalue weighted by Crippen LogP contribution is -2.48. The summed E-state index contributed by atoms with van der Waals surface area (Å²) in [5.74, 6) is 0.0140. The predicted molar refractivity (Wildman–Crippen MR) is 80.0 cm³/mol. The van der Waals surface area contributed by atoms with Gasteiger partial charge in [-0.15, -0.1) is 0 Å². The Bertz CT molecular complexity index is 686. The van der Waals surface area contributed by atoms with Crippen LogP contribution in [0.1, 0.15) is 36.2 Å². The molecule has 2 aliphatic heterocycles. The molecule has 21 heavy (non-hydrogen) atoms. The summed E-state index contributed by atoms with van der Waals surface area (Å²) in [6.45, 7) is 0. The van der Waals surface area contributed by atoms with Gasteiger partial charge in [-0.2, -0.15) is 0 Å². The molecule has 2 unspecified atom stereocenters. The maximum absolute atomic E-state index is 12.8. The molecule has 2 saturated heterocycles. The molecule has 4 nitrogen and oxygen atoms in total. The van der Waals surface area contributed by atoms with E-state index in [2.05, 4.69) is 4.98 Å². The fourth-order valence-electron chi connectivity index (χ4n) is 3.80. The van der Waals surface area contributed by atoms with E-state index in [1.54, 1.807) is 0 Å². The van der Waals surface area contributed by atoms with Crippen LogP contribution in [0, 0.1) is 0 Å². The monoisotopic (exact) mass is 282 g/mol. The first-order valence-corrected chi connectivity index (χ1v) is 7.59. The third-order valence-corrected chi connectivity index (χ3v) is 4.76. The maximum atomic E-state index is 12.8. The number of amides is 1. The third-order valence-electron chi connectivity index (χ3n) is 4.76. The van der Waals surface area contributed by atoms with Gasteiger partial charge in [0.25, 0.3) is 5.91 Å². The zero-order valence-corrected chi connectivity index (χ0v) is 11.8. The predicted octanol–water partition coefficient (Wildman–Crippen LogP) is 2.36. The Balaban J connectivity index is 1.67. The quantitative estimate of drug-likeness (QED) is 0.873. The molecule has 1 aromatic heterocycles. The van der Waals surface area contributed by atoms with E-state index in [-0.39, 0.29) is 24.1 Å². The van der Waals surface area contributed by atoms with Crippen molar-refractivity contribution < 1.29 is 9.90 Å². The van der Waals surface area contributed by atoms with Gasteiger partial charge in [-0.1, -0.05) is 24.3 Å². The number of pyridine rings is 1. The summed E-state index contributed by atoms with van der Waals surface area (Å²) in [5, 5.41) is 10.9. The number of hydrogen-bond acceptors (Lipinski definition) is 3. The van der Waals surface area contributed by atoms with Crippen molar-refractivity contribution in [3.8, 4) is 0 Å². The molecule has 1 N–H and O–H groups in total. The molecule has 1 aromatic carbocycles. The molecule has 0 saturated carbocycles. The van der Waals surface area contributed by atoms with Crippen LogP contribution in [-0.4, -0.2) is 39.1 Å². The van der Waals surface area contributed by atoms with E-state index in [0.717, 1.165) is 23.7 Å². The van der Waals surface area contributed by atoms with Crippen LogP contribution in [0.25, 0.3) is 10.9 Å². The Morgan fingerprint density at radius 1 is 1.10 bits per heavy atom. The van der Waals surface area contributed by atoms with E-state index in [4.69, 9.17) is 0 Å². The van der Waals surface area contributed by atoms with Crippen molar-refractivity contribution in [1.82, 2.24) is 9.88 Å². The molecule has 108 valence electrons. The van der Waals surface area contributed by atoms with Crippen LogP contribution >= 0.6 is 0 Å².